The average molecular weight is 305 g/mol. The molecule has 108 valence electrons. The largest absolute Gasteiger partial charge is 0.772 e. The van der Waals surface area contributed by atoms with E-state index < -0.39 is 40.4 Å². The van der Waals surface area contributed by atoms with Gasteiger partial charge in [-0.1, -0.05) is 17.1 Å². The van der Waals surface area contributed by atoms with Crippen molar-refractivity contribution >= 4 is 17.0 Å². The molecule has 0 fully saturated rings. The normalized spacial score (nSPS) is 14.3. The van der Waals surface area contributed by atoms with Crippen LogP contribution in [-0.4, -0.2) is 14.7 Å². The van der Waals surface area contributed by atoms with Gasteiger partial charge in [-0.15, -0.1) is 0 Å². The standard InChI is InChI=1S/C11H9F3N2O3S/c12-11(13,14)7-1-2-8(9(4-15)10(16)17)6(3-7)5-20(18)19/h1-3,9H,5H2,(H2,16,17)(H,18,19)/p-1. The van der Waals surface area contributed by atoms with E-state index in [9.17, 15) is 26.7 Å². The number of halogens is 3. The molecule has 0 bridgehead atoms. The van der Waals surface area contributed by atoms with Crippen LogP contribution in [0.15, 0.2) is 18.2 Å². The summed E-state index contributed by atoms with van der Waals surface area (Å²) >= 11 is -2.67. The van der Waals surface area contributed by atoms with E-state index >= 15 is 0 Å². The van der Waals surface area contributed by atoms with Gasteiger partial charge in [-0.2, -0.15) is 18.4 Å². The highest BCUT2D eigenvalue weighted by Gasteiger charge is 2.32. The lowest BCUT2D eigenvalue weighted by atomic mass is 9.93. The molecule has 20 heavy (non-hydrogen) atoms. The molecule has 0 saturated heterocycles. The molecule has 1 aromatic carbocycles. The second-order valence-corrected chi connectivity index (χ2v) is 4.72. The molecule has 2 N–H and O–H groups in total. The fourth-order valence-corrected chi connectivity index (χ4v) is 2.11. The minimum absolute atomic E-state index is 0.141. The molecule has 0 aliphatic carbocycles. The predicted octanol–water partition coefficient (Wildman–Crippen LogP) is 1.18. The van der Waals surface area contributed by atoms with E-state index in [1.165, 1.54) is 6.07 Å². The Bertz CT molecular complexity index is 596. The van der Waals surface area contributed by atoms with Gasteiger partial charge in [0.1, 0.15) is 5.92 Å². The van der Waals surface area contributed by atoms with E-state index in [1.54, 1.807) is 0 Å². The van der Waals surface area contributed by atoms with Crippen LogP contribution in [0.4, 0.5) is 13.2 Å². The number of carbonyl (C=O) groups is 1. The topological polar surface area (TPSA) is 107 Å². The van der Waals surface area contributed by atoms with Crippen LogP contribution in [0.25, 0.3) is 0 Å². The van der Waals surface area contributed by atoms with Gasteiger partial charge in [0, 0.05) is 5.75 Å². The minimum Gasteiger partial charge on any atom is -0.772 e. The van der Waals surface area contributed by atoms with E-state index in [2.05, 4.69) is 0 Å². The maximum absolute atomic E-state index is 12.6. The molecule has 9 heteroatoms. The van der Waals surface area contributed by atoms with Crippen LogP contribution in [0.3, 0.4) is 0 Å². The van der Waals surface area contributed by atoms with Gasteiger partial charge in [-0.3, -0.25) is 9.00 Å². The summed E-state index contributed by atoms with van der Waals surface area (Å²) in [4.78, 5) is 11.1. The van der Waals surface area contributed by atoms with Crippen molar-refractivity contribution < 1.29 is 26.7 Å². The summed E-state index contributed by atoms with van der Waals surface area (Å²) < 4.78 is 59.1. The van der Waals surface area contributed by atoms with E-state index in [1.807, 2.05) is 0 Å². The lowest BCUT2D eigenvalue weighted by molar-refractivity contribution is -0.137. The highest BCUT2D eigenvalue weighted by atomic mass is 32.2. The number of primary amides is 1. The first-order chi connectivity index (χ1) is 9.16. The first-order valence-electron chi connectivity index (χ1n) is 5.11. The lowest BCUT2D eigenvalue weighted by Crippen LogP contribution is -2.22. The highest BCUT2D eigenvalue weighted by Crippen LogP contribution is 2.32. The first-order valence-corrected chi connectivity index (χ1v) is 6.36. The van der Waals surface area contributed by atoms with Crippen LogP contribution in [0.5, 0.6) is 0 Å². The highest BCUT2D eigenvalue weighted by molar-refractivity contribution is 7.78. The SMILES string of the molecule is N#CC(C(N)=O)c1ccc(C(F)(F)F)cc1CS(=O)[O-]. The first kappa shape index (κ1) is 16.1. The van der Waals surface area contributed by atoms with Crippen molar-refractivity contribution in [3.05, 3.63) is 34.9 Å². The van der Waals surface area contributed by atoms with Crippen molar-refractivity contribution in [1.82, 2.24) is 0 Å². The van der Waals surface area contributed by atoms with E-state index in [-0.39, 0.29) is 11.1 Å². The Hall–Kier alpha value is -1.92. The average Bonchev–Trinajstić information content (AvgIpc) is 2.29. The summed E-state index contributed by atoms with van der Waals surface area (Å²) in [5.74, 6) is -3.31. The van der Waals surface area contributed by atoms with Crippen LogP contribution >= 0.6 is 0 Å². The lowest BCUT2D eigenvalue weighted by Gasteiger charge is -2.16. The third-order valence-electron chi connectivity index (χ3n) is 2.47. The zero-order valence-corrected chi connectivity index (χ0v) is 10.6. The molecular formula is C11H8F3N2O3S-. The van der Waals surface area contributed by atoms with Crippen LogP contribution < -0.4 is 5.73 Å². The summed E-state index contributed by atoms with van der Waals surface area (Å²) in [6, 6.07) is 3.69. The van der Waals surface area contributed by atoms with Gasteiger partial charge in [0.15, 0.2) is 0 Å². The van der Waals surface area contributed by atoms with Gasteiger partial charge in [0.25, 0.3) is 0 Å². The van der Waals surface area contributed by atoms with Crippen LogP contribution in [0.1, 0.15) is 22.6 Å². The number of amides is 1. The predicted molar refractivity (Wildman–Crippen MR) is 61.6 cm³/mol. The molecule has 0 heterocycles. The molecule has 0 aliphatic heterocycles. The Morgan fingerprint density at radius 3 is 2.50 bits per heavy atom. The van der Waals surface area contributed by atoms with Crippen molar-refractivity contribution in [3.8, 4) is 6.07 Å². The maximum atomic E-state index is 12.6. The second kappa shape index (κ2) is 6.02. The Morgan fingerprint density at radius 1 is 1.50 bits per heavy atom. The smallest absolute Gasteiger partial charge is 0.416 e. The van der Waals surface area contributed by atoms with Crippen molar-refractivity contribution in [2.45, 2.75) is 17.8 Å². The van der Waals surface area contributed by atoms with Crippen LogP contribution in [-0.2, 0) is 27.8 Å². The Kier molecular flexibility index (Phi) is 4.86. The zero-order chi connectivity index (χ0) is 15.5. The molecule has 0 spiro atoms. The third kappa shape index (κ3) is 3.79. The number of carbonyl (C=O) groups excluding carboxylic acids is 1. The van der Waals surface area contributed by atoms with Crippen molar-refractivity contribution in [2.24, 2.45) is 5.73 Å². The molecule has 2 unspecified atom stereocenters. The fourth-order valence-electron chi connectivity index (χ4n) is 1.60. The molecule has 5 nitrogen and oxygen atoms in total. The van der Waals surface area contributed by atoms with Gasteiger partial charge < -0.3 is 10.3 Å². The Labute approximate surface area is 114 Å². The Morgan fingerprint density at radius 2 is 2.10 bits per heavy atom. The summed E-state index contributed by atoms with van der Waals surface area (Å²) in [7, 11) is 0. The van der Waals surface area contributed by atoms with Crippen molar-refractivity contribution in [1.29, 1.82) is 5.26 Å². The van der Waals surface area contributed by atoms with Crippen molar-refractivity contribution in [2.75, 3.05) is 0 Å². The molecular weight excluding hydrogens is 297 g/mol. The molecule has 0 saturated carbocycles. The van der Waals surface area contributed by atoms with Crippen LogP contribution in [0.2, 0.25) is 0 Å². The second-order valence-electron chi connectivity index (χ2n) is 3.82. The number of hydrogen-bond acceptors (Lipinski definition) is 4. The maximum Gasteiger partial charge on any atom is 0.416 e. The molecule has 2 atom stereocenters. The summed E-state index contributed by atoms with van der Waals surface area (Å²) in [5.41, 5.74) is 3.48. The van der Waals surface area contributed by atoms with Gasteiger partial charge >= 0.3 is 6.18 Å². The molecule has 0 radical (unpaired) electrons. The molecule has 0 aliphatic rings. The molecule has 1 rings (SSSR count). The number of alkyl halides is 3. The summed E-state index contributed by atoms with van der Waals surface area (Å²) in [6.07, 6.45) is -4.66. The van der Waals surface area contributed by atoms with E-state index in [0.29, 0.717) is 12.1 Å². The number of rotatable bonds is 4. The molecule has 1 aromatic rings. The summed E-state index contributed by atoms with van der Waals surface area (Å²) in [5, 5.41) is 8.81. The van der Waals surface area contributed by atoms with Gasteiger partial charge in [0.05, 0.1) is 11.6 Å². The minimum atomic E-state index is -4.66. The molecule has 1 amide bonds. The summed E-state index contributed by atoms with van der Waals surface area (Å²) in [6.45, 7) is 0. The quantitative estimate of drug-likeness (QED) is 0.842. The Balaban J connectivity index is 3.41. The van der Waals surface area contributed by atoms with E-state index in [0.717, 1.165) is 6.07 Å². The van der Waals surface area contributed by atoms with Gasteiger partial charge in [-0.25, -0.2) is 0 Å². The zero-order valence-electron chi connectivity index (χ0n) is 9.81. The fraction of sp³-hybridized carbons (Fsp3) is 0.273. The number of hydrogen-bond donors (Lipinski definition) is 1. The number of nitrogens with two attached hydrogens (primary N) is 1. The van der Waals surface area contributed by atoms with Gasteiger partial charge in [-0.05, 0) is 23.3 Å². The van der Waals surface area contributed by atoms with Crippen molar-refractivity contribution in [3.63, 3.8) is 0 Å². The number of nitriles is 1. The third-order valence-corrected chi connectivity index (χ3v) is 3.01. The van der Waals surface area contributed by atoms with Crippen LogP contribution in [0, 0.1) is 11.3 Å². The number of benzene rings is 1. The van der Waals surface area contributed by atoms with Gasteiger partial charge in [0.2, 0.25) is 5.91 Å². The number of nitrogens with zero attached hydrogens (tertiary/aromatic N) is 1. The van der Waals surface area contributed by atoms with E-state index in [4.69, 9.17) is 11.0 Å². The monoisotopic (exact) mass is 305 g/mol. The molecule has 0 aromatic heterocycles.